The van der Waals surface area contributed by atoms with E-state index in [0.29, 0.717) is 12.0 Å². The molecule has 0 amide bonds. The number of halogens is 1. The normalized spacial score (nSPS) is 15.6. The van der Waals surface area contributed by atoms with E-state index >= 15 is 0 Å². The summed E-state index contributed by atoms with van der Waals surface area (Å²) < 4.78 is 13.8. The SMILES string of the molecule is CC(C)CCN(c1ccc(C#N)c(F)c1)C1CCCC1. The first-order chi connectivity index (χ1) is 9.61. The fourth-order valence-corrected chi connectivity index (χ4v) is 2.91. The molecule has 0 unspecified atom stereocenters. The van der Waals surface area contributed by atoms with Crippen LogP contribution in [0.15, 0.2) is 18.2 Å². The van der Waals surface area contributed by atoms with Crippen molar-refractivity contribution in [3.05, 3.63) is 29.6 Å². The summed E-state index contributed by atoms with van der Waals surface area (Å²) >= 11 is 0. The Bertz CT molecular complexity index is 484. The number of hydrogen-bond donors (Lipinski definition) is 0. The molecule has 1 aromatic carbocycles. The zero-order valence-corrected chi connectivity index (χ0v) is 12.4. The molecule has 1 aliphatic rings. The lowest BCUT2D eigenvalue weighted by Crippen LogP contribution is -2.34. The molecule has 1 saturated carbocycles. The molecule has 0 bridgehead atoms. The Morgan fingerprint density at radius 1 is 1.35 bits per heavy atom. The van der Waals surface area contributed by atoms with E-state index in [4.69, 9.17) is 5.26 Å². The van der Waals surface area contributed by atoms with Crippen molar-refractivity contribution in [1.82, 2.24) is 0 Å². The number of anilines is 1. The van der Waals surface area contributed by atoms with Gasteiger partial charge >= 0.3 is 0 Å². The van der Waals surface area contributed by atoms with E-state index in [1.54, 1.807) is 6.07 Å². The van der Waals surface area contributed by atoms with Crippen LogP contribution in [0.3, 0.4) is 0 Å². The van der Waals surface area contributed by atoms with Crippen molar-refractivity contribution >= 4 is 5.69 Å². The molecular weight excluding hydrogens is 251 g/mol. The third-order valence-electron chi connectivity index (χ3n) is 4.12. The maximum Gasteiger partial charge on any atom is 0.143 e. The lowest BCUT2D eigenvalue weighted by atomic mass is 10.1. The first-order valence-corrected chi connectivity index (χ1v) is 7.58. The number of hydrogen-bond acceptors (Lipinski definition) is 2. The minimum Gasteiger partial charge on any atom is -0.368 e. The second-order valence-corrected chi connectivity index (χ2v) is 6.09. The maximum absolute atomic E-state index is 13.8. The number of nitrogens with zero attached hydrogens (tertiary/aromatic N) is 2. The lowest BCUT2D eigenvalue weighted by Gasteiger charge is -2.32. The van der Waals surface area contributed by atoms with Crippen LogP contribution in [0.1, 0.15) is 51.5 Å². The van der Waals surface area contributed by atoms with E-state index in [9.17, 15) is 4.39 Å². The van der Waals surface area contributed by atoms with Gasteiger partial charge in [0.25, 0.3) is 0 Å². The number of rotatable bonds is 5. The summed E-state index contributed by atoms with van der Waals surface area (Å²) in [4.78, 5) is 2.34. The van der Waals surface area contributed by atoms with Gasteiger partial charge in [0.2, 0.25) is 0 Å². The fourth-order valence-electron chi connectivity index (χ4n) is 2.91. The van der Waals surface area contributed by atoms with Crippen LogP contribution in [0, 0.1) is 23.1 Å². The van der Waals surface area contributed by atoms with Crippen molar-refractivity contribution in [2.75, 3.05) is 11.4 Å². The first kappa shape index (κ1) is 14.8. The van der Waals surface area contributed by atoms with E-state index in [2.05, 4.69) is 18.7 Å². The summed E-state index contributed by atoms with van der Waals surface area (Å²) in [6.07, 6.45) is 6.03. The summed E-state index contributed by atoms with van der Waals surface area (Å²) in [6.45, 7) is 5.39. The molecule has 0 heterocycles. The summed E-state index contributed by atoms with van der Waals surface area (Å²) in [6, 6.07) is 7.43. The minimum absolute atomic E-state index is 0.129. The van der Waals surface area contributed by atoms with Crippen LogP contribution in [0.5, 0.6) is 0 Å². The molecule has 1 aromatic rings. The fraction of sp³-hybridized carbons (Fsp3) is 0.588. The van der Waals surface area contributed by atoms with Crippen LogP contribution in [-0.2, 0) is 0 Å². The molecule has 2 rings (SSSR count). The van der Waals surface area contributed by atoms with Crippen LogP contribution in [0.25, 0.3) is 0 Å². The van der Waals surface area contributed by atoms with E-state index in [1.807, 2.05) is 12.1 Å². The summed E-state index contributed by atoms with van der Waals surface area (Å²) in [5.41, 5.74) is 1.05. The minimum atomic E-state index is -0.405. The van der Waals surface area contributed by atoms with Crippen molar-refractivity contribution in [2.24, 2.45) is 5.92 Å². The third-order valence-corrected chi connectivity index (χ3v) is 4.12. The second-order valence-electron chi connectivity index (χ2n) is 6.09. The Labute approximate surface area is 121 Å². The van der Waals surface area contributed by atoms with Gasteiger partial charge in [-0.3, -0.25) is 0 Å². The maximum atomic E-state index is 13.8. The molecule has 20 heavy (non-hydrogen) atoms. The van der Waals surface area contributed by atoms with Crippen LogP contribution >= 0.6 is 0 Å². The largest absolute Gasteiger partial charge is 0.368 e. The predicted molar refractivity (Wildman–Crippen MR) is 80.2 cm³/mol. The van der Waals surface area contributed by atoms with Crippen LogP contribution in [-0.4, -0.2) is 12.6 Å². The highest BCUT2D eigenvalue weighted by molar-refractivity contribution is 5.51. The Hall–Kier alpha value is -1.56. The topological polar surface area (TPSA) is 27.0 Å². The molecule has 108 valence electrons. The van der Waals surface area contributed by atoms with Crippen molar-refractivity contribution in [3.63, 3.8) is 0 Å². The Morgan fingerprint density at radius 3 is 2.60 bits per heavy atom. The molecule has 0 atom stereocenters. The highest BCUT2D eigenvalue weighted by Crippen LogP contribution is 2.29. The zero-order valence-electron chi connectivity index (χ0n) is 12.4. The molecule has 0 radical (unpaired) electrons. The third kappa shape index (κ3) is 3.50. The lowest BCUT2D eigenvalue weighted by molar-refractivity contribution is 0.527. The molecule has 0 aliphatic heterocycles. The van der Waals surface area contributed by atoms with Crippen LogP contribution in [0.4, 0.5) is 10.1 Å². The van der Waals surface area contributed by atoms with Gasteiger partial charge in [-0.2, -0.15) is 5.26 Å². The average Bonchev–Trinajstić information content (AvgIpc) is 2.93. The molecule has 2 nitrogen and oxygen atoms in total. The van der Waals surface area contributed by atoms with E-state index in [1.165, 1.54) is 31.7 Å². The van der Waals surface area contributed by atoms with Crippen molar-refractivity contribution < 1.29 is 4.39 Å². The highest BCUT2D eigenvalue weighted by atomic mass is 19.1. The molecule has 0 aromatic heterocycles. The smallest absolute Gasteiger partial charge is 0.143 e. The standard InChI is InChI=1S/C17H23FN2/c1-13(2)9-10-20(15-5-3-4-6-15)16-8-7-14(12-19)17(18)11-16/h7-8,11,13,15H,3-6,9-10H2,1-2H3. The van der Waals surface area contributed by atoms with Gasteiger partial charge in [-0.1, -0.05) is 26.7 Å². The summed E-state index contributed by atoms with van der Waals surface area (Å²) in [7, 11) is 0. The first-order valence-electron chi connectivity index (χ1n) is 7.58. The van der Waals surface area contributed by atoms with Gasteiger partial charge in [-0.05, 0) is 43.4 Å². The number of benzene rings is 1. The van der Waals surface area contributed by atoms with Gasteiger partial charge in [0.1, 0.15) is 11.9 Å². The molecule has 1 aliphatic carbocycles. The average molecular weight is 274 g/mol. The van der Waals surface area contributed by atoms with E-state index in [0.717, 1.165) is 18.7 Å². The van der Waals surface area contributed by atoms with Crippen molar-refractivity contribution in [2.45, 2.75) is 52.0 Å². The molecule has 0 N–H and O–H groups in total. The van der Waals surface area contributed by atoms with Gasteiger partial charge in [-0.15, -0.1) is 0 Å². The van der Waals surface area contributed by atoms with Crippen LogP contribution in [0.2, 0.25) is 0 Å². The van der Waals surface area contributed by atoms with Crippen molar-refractivity contribution in [1.29, 1.82) is 5.26 Å². The second kappa shape index (κ2) is 6.74. The molecule has 1 fully saturated rings. The van der Waals surface area contributed by atoms with E-state index < -0.39 is 5.82 Å². The predicted octanol–water partition coefficient (Wildman–Crippen LogP) is 4.49. The van der Waals surface area contributed by atoms with Gasteiger partial charge in [0, 0.05) is 18.3 Å². The molecule has 3 heteroatoms. The van der Waals surface area contributed by atoms with Gasteiger partial charge < -0.3 is 4.90 Å². The quantitative estimate of drug-likeness (QED) is 0.791. The molecular formula is C17H23FN2. The molecule has 0 spiro atoms. The van der Waals surface area contributed by atoms with Gasteiger partial charge in [-0.25, -0.2) is 4.39 Å². The molecule has 0 saturated heterocycles. The Balaban J connectivity index is 2.20. The monoisotopic (exact) mass is 274 g/mol. The summed E-state index contributed by atoms with van der Waals surface area (Å²) in [5, 5.41) is 8.83. The summed E-state index contributed by atoms with van der Waals surface area (Å²) in [5.74, 6) is 0.236. The number of nitriles is 1. The zero-order chi connectivity index (χ0) is 14.5. The van der Waals surface area contributed by atoms with Gasteiger partial charge in [0.15, 0.2) is 0 Å². The Kier molecular flexibility index (Phi) is 5.00. The van der Waals surface area contributed by atoms with Gasteiger partial charge in [0.05, 0.1) is 5.56 Å². The van der Waals surface area contributed by atoms with Crippen LogP contribution < -0.4 is 4.90 Å². The Morgan fingerprint density at radius 2 is 2.05 bits per heavy atom. The van der Waals surface area contributed by atoms with E-state index in [-0.39, 0.29) is 5.56 Å². The highest BCUT2D eigenvalue weighted by Gasteiger charge is 2.23. The van der Waals surface area contributed by atoms with Crippen molar-refractivity contribution in [3.8, 4) is 6.07 Å².